The first kappa shape index (κ1) is 21.7. The second kappa shape index (κ2) is 9.74. The largest absolute Gasteiger partial charge is 0.497 e. The van der Waals surface area contributed by atoms with Crippen molar-refractivity contribution in [1.29, 1.82) is 0 Å². The van der Waals surface area contributed by atoms with E-state index in [-0.39, 0.29) is 6.03 Å². The zero-order chi connectivity index (χ0) is 22.5. The van der Waals surface area contributed by atoms with Crippen LogP contribution in [0.4, 0.5) is 16.3 Å². The molecule has 0 aliphatic carbocycles. The lowest BCUT2D eigenvalue weighted by atomic mass is 10.1. The minimum atomic E-state index is -0.163. The molecule has 1 fully saturated rings. The predicted octanol–water partition coefficient (Wildman–Crippen LogP) is 4.17. The molecular formula is C23H24ClN5O3. The van der Waals surface area contributed by atoms with Gasteiger partial charge in [-0.05, 0) is 24.3 Å². The molecule has 1 aliphatic heterocycles. The van der Waals surface area contributed by atoms with Crippen LogP contribution in [0.3, 0.4) is 0 Å². The third-order valence-corrected chi connectivity index (χ3v) is 5.54. The highest BCUT2D eigenvalue weighted by atomic mass is 35.5. The van der Waals surface area contributed by atoms with Crippen LogP contribution in [0.1, 0.15) is 0 Å². The van der Waals surface area contributed by atoms with Gasteiger partial charge in [0.15, 0.2) is 5.82 Å². The van der Waals surface area contributed by atoms with Crippen LogP contribution in [0.25, 0.3) is 11.3 Å². The Balaban J connectivity index is 1.34. The second-order valence-corrected chi connectivity index (χ2v) is 7.73. The van der Waals surface area contributed by atoms with Gasteiger partial charge in [0.25, 0.3) is 0 Å². The zero-order valence-electron chi connectivity index (χ0n) is 17.9. The number of amides is 2. The number of aromatic nitrogens is 2. The molecule has 1 N–H and O–H groups in total. The van der Waals surface area contributed by atoms with Gasteiger partial charge in [0.05, 0.1) is 19.9 Å². The summed E-state index contributed by atoms with van der Waals surface area (Å²) in [7, 11) is 3.15. The molecule has 166 valence electrons. The van der Waals surface area contributed by atoms with Crippen molar-refractivity contribution in [3.05, 3.63) is 59.6 Å². The Morgan fingerprint density at radius 1 is 0.906 bits per heavy atom. The summed E-state index contributed by atoms with van der Waals surface area (Å²) in [6.07, 6.45) is 0. The van der Waals surface area contributed by atoms with Gasteiger partial charge in [-0.25, -0.2) is 4.79 Å². The Labute approximate surface area is 191 Å². The van der Waals surface area contributed by atoms with Gasteiger partial charge in [0.2, 0.25) is 0 Å². The SMILES string of the molecule is COc1cc(NC(=O)N2CCN(c3ccc(-c4ccc(Cl)cc4)nn3)CC2)cc(OC)c1. The number of nitrogens with one attached hydrogen (secondary N) is 1. The molecule has 8 nitrogen and oxygen atoms in total. The van der Waals surface area contributed by atoms with Gasteiger partial charge in [0, 0.05) is 60.7 Å². The molecule has 2 aromatic carbocycles. The van der Waals surface area contributed by atoms with Gasteiger partial charge in [-0.3, -0.25) is 0 Å². The van der Waals surface area contributed by atoms with Gasteiger partial charge in [-0.1, -0.05) is 23.7 Å². The normalized spacial score (nSPS) is 13.6. The van der Waals surface area contributed by atoms with Crippen LogP contribution < -0.4 is 19.7 Å². The summed E-state index contributed by atoms with van der Waals surface area (Å²) in [5.41, 5.74) is 2.37. The lowest BCUT2D eigenvalue weighted by Gasteiger charge is -2.35. The first-order chi connectivity index (χ1) is 15.6. The van der Waals surface area contributed by atoms with Gasteiger partial charge in [0.1, 0.15) is 11.5 Å². The standard InChI is InChI=1S/C23H24ClN5O3/c1-31-19-13-18(14-20(15-19)32-2)25-23(30)29-11-9-28(10-12-29)22-8-7-21(26-27-22)16-3-5-17(24)6-4-16/h3-8,13-15H,9-12H2,1-2H3,(H,25,30). The lowest BCUT2D eigenvalue weighted by molar-refractivity contribution is 0.208. The van der Waals surface area contributed by atoms with Crippen molar-refractivity contribution in [3.8, 4) is 22.8 Å². The average Bonchev–Trinajstić information content (AvgIpc) is 2.84. The summed E-state index contributed by atoms with van der Waals surface area (Å²) in [5, 5.41) is 12.3. The summed E-state index contributed by atoms with van der Waals surface area (Å²) < 4.78 is 10.5. The van der Waals surface area contributed by atoms with Crippen LogP contribution in [0.5, 0.6) is 11.5 Å². The maximum absolute atomic E-state index is 12.7. The molecule has 4 rings (SSSR count). The molecule has 1 aromatic heterocycles. The number of piperazine rings is 1. The van der Waals surface area contributed by atoms with Crippen molar-refractivity contribution >= 4 is 29.1 Å². The van der Waals surface area contributed by atoms with Crippen LogP contribution in [-0.2, 0) is 0 Å². The Kier molecular flexibility index (Phi) is 6.61. The third kappa shape index (κ3) is 5.03. The van der Waals surface area contributed by atoms with Crippen molar-refractivity contribution in [2.75, 3.05) is 50.6 Å². The fraction of sp³-hybridized carbons (Fsp3) is 0.261. The highest BCUT2D eigenvalue weighted by Crippen LogP contribution is 2.26. The number of carbonyl (C=O) groups excluding carboxylic acids is 1. The molecule has 0 radical (unpaired) electrons. The number of carbonyl (C=O) groups is 1. The van der Waals surface area contributed by atoms with Crippen LogP contribution in [-0.4, -0.2) is 61.5 Å². The minimum Gasteiger partial charge on any atom is -0.497 e. The van der Waals surface area contributed by atoms with E-state index in [1.165, 1.54) is 0 Å². The number of hydrogen-bond donors (Lipinski definition) is 1. The number of rotatable bonds is 5. The van der Waals surface area contributed by atoms with Crippen molar-refractivity contribution in [2.24, 2.45) is 0 Å². The molecular weight excluding hydrogens is 430 g/mol. The van der Waals surface area contributed by atoms with Gasteiger partial charge in [-0.15, -0.1) is 10.2 Å². The van der Waals surface area contributed by atoms with Crippen molar-refractivity contribution in [2.45, 2.75) is 0 Å². The molecule has 0 spiro atoms. The topological polar surface area (TPSA) is 79.8 Å². The Hall–Kier alpha value is -3.52. The molecule has 32 heavy (non-hydrogen) atoms. The molecule has 0 unspecified atom stereocenters. The number of benzene rings is 2. The summed E-state index contributed by atoms with van der Waals surface area (Å²) in [4.78, 5) is 16.6. The van der Waals surface area contributed by atoms with Crippen molar-refractivity contribution in [1.82, 2.24) is 15.1 Å². The fourth-order valence-corrected chi connectivity index (χ4v) is 3.62. The maximum atomic E-state index is 12.7. The summed E-state index contributed by atoms with van der Waals surface area (Å²) in [6, 6.07) is 16.5. The maximum Gasteiger partial charge on any atom is 0.321 e. The summed E-state index contributed by atoms with van der Waals surface area (Å²) >= 11 is 5.95. The number of methoxy groups -OCH3 is 2. The van der Waals surface area contributed by atoms with E-state index >= 15 is 0 Å². The number of hydrogen-bond acceptors (Lipinski definition) is 6. The van der Waals surface area contributed by atoms with Crippen molar-refractivity contribution < 1.29 is 14.3 Å². The fourth-order valence-electron chi connectivity index (χ4n) is 3.49. The molecule has 0 bridgehead atoms. The molecule has 1 saturated heterocycles. The highest BCUT2D eigenvalue weighted by molar-refractivity contribution is 6.30. The lowest BCUT2D eigenvalue weighted by Crippen LogP contribution is -2.50. The summed E-state index contributed by atoms with van der Waals surface area (Å²) in [6.45, 7) is 2.49. The molecule has 0 saturated carbocycles. The van der Waals surface area contributed by atoms with E-state index in [4.69, 9.17) is 21.1 Å². The number of halogens is 1. The van der Waals surface area contributed by atoms with E-state index in [0.717, 1.165) is 17.1 Å². The van der Waals surface area contributed by atoms with E-state index in [1.54, 1.807) is 37.3 Å². The van der Waals surface area contributed by atoms with Gasteiger partial charge >= 0.3 is 6.03 Å². The Bertz CT molecular complexity index is 1050. The Morgan fingerprint density at radius 3 is 2.12 bits per heavy atom. The molecule has 9 heteroatoms. The van der Waals surface area contributed by atoms with E-state index in [1.807, 2.05) is 36.4 Å². The highest BCUT2D eigenvalue weighted by Gasteiger charge is 2.22. The predicted molar refractivity (Wildman–Crippen MR) is 125 cm³/mol. The minimum absolute atomic E-state index is 0.163. The van der Waals surface area contributed by atoms with Gasteiger partial charge < -0.3 is 24.6 Å². The van der Waals surface area contributed by atoms with Crippen LogP contribution in [0.15, 0.2) is 54.6 Å². The van der Waals surface area contributed by atoms with Crippen LogP contribution in [0.2, 0.25) is 5.02 Å². The first-order valence-corrected chi connectivity index (χ1v) is 10.6. The zero-order valence-corrected chi connectivity index (χ0v) is 18.7. The van der Waals surface area contributed by atoms with Gasteiger partial charge in [-0.2, -0.15) is 0 Å². The average molecular weight is 454 g/mol. The molecule has 2 heterocycles. The molecule has 0 atom stereocenters. The van der Waals surface area contributed by atoms with E-state index in [2.05, 4.69) is 20.4 Å². The smallest absolute Gasteiger partial charge is 0.321 e. The van der Waals surface area contributed by atoms with E-state index in [9.17, 15) is 4.79 Å². The number of urea groups is 1. The number of ether oxygens (including phenoxy) is 2. The Morgan fingerprint density at radius 2 is 1.56 bits per heavy atom. The van der Waals surface area contributed by atoms with Crippen LogP contribution >= 0.6 is 11.6 Å². The van der Waals surface area contributed by atoms with E-state index in [0.29, 0.717) is 48.4 Å². The van der Waals surface area contributed by atoms with Crippen LogP contribution in [0, 0.1) is 0 Å². The molecule has 2 amide bonds. The quantitative estimate of drug-likeness (QED) is 0.624. The number of nitrogens with zero attached hydrogens (tertiary/aromatic N) is 4. The second-order valence-electron chi connectivity index (χ2n) is 7.29. The monoisotopic (exact) mass is 453 g/mol. The third-order valence-electron chi connectivity index (χ3n) is 5.28. The molecule has 1 aliphatic rings. The van der Waals surface area contributed by atoms with Crippen molar-refractivity contribution in [3.63, 3.8) is 0 Å². The first-order valence-electron chi connectivity index (χ1n) is 10.2. The molecule has 3 aromatic rings. The number of anilines is 2. The van der Waals surface area contributed by atoms with E-state index < -0.39 is 0 Å². The summed E-state index contributed by atoms with van der Waals surface area (Å²) in [5.74, 6) is 2.02.